The Morgan fingerprint density at radius 1 is 1.31 bits per heavy atom. The van der Waals surface area contributed by atoms with Gasteiger partial charge in [-0.2, -0.15) is 0 Å². The molecule has 4 rings (SSSR count). The average molecular weight is 612 g/mol. The number of methoxy groups -OCH3 is 1. The van der Waals surface area contributed by atoms with E-state index >= 15 is 0 Å². The van der Waals surface area contributed by atoms with E-state index in [1.165, 1.54) is 43.2 Å². The fourth-order valence-electron chi connectivity index (χ4n) is 4.16. The number of halogens is 4. The van der Waals surface area contributed by atoms with Gasteiger partial charge in [0.05, 0.1) is 0 Å². The van der Waals surface area contributed by atoms with Gasteiger partial charge in [0.2, 0.25) is 0 Å². The summed E-state index contributed by atoms with van der Waals surface area (Å²) in [6.07, 6.45) is 3.68. The zero-order chi connectivity index (χ0) is 28.2. The topological polar surface area (TPSA) is 95.8 Å². The molecule has 3 N–H and O–H groups in total. The Balaban J connectivity index is 1.59. The number of ether oxygens (including phenoxy) is 1. The van der Waals surface area contributed by atoms with Gasteiger partial charge < -0.3 is 0 Å². The van der Waals surface area contributed by atoms with Gasteiger partial charge in [0.1, 0.15) is 0 Å². The zero-order valence-corrected chi connectivity index (χ0v) is 23.1. The van der Waals surface area contributed by atoms with Crippen molar-refractivity contribution < 1.29 is 27.1 Å². The van der Waals surface area contributed by atoms with Crippen LogP contribution in [0.4, 0.5) is 29.1 Å². The number of rotatable bonds is 7. The van der Waals surface area contributed by atoms with E-state index in [0.29, 0.717) is 35.7 Å². The third-order valence-electron chi connectivity index (χ3n) is 6.07. The molecule has 1 amide bonds. The second-order valence-corrected chi connectivity index (χ2v) is 11.0. The minimum atomic E-state index is -4.41. The van der Waals surface area contributed by atoms with E-state index in [4.69, 9.17) is 4.74 Å². The Kier molecular flexibility index (Phi) is 8.84. The Labute approximate surface area is 228 Å². The minimum absolute atomic E-state index is 0.0253. The zero-order valence-electron chi connectivity index (χ0n) is 21.4. The van der Waals surface area contributed by atoms with Crippen LogP contribution in [0.1, 0.15) is 22.5 Å². The molecule has 3 aromatic heterocycles. The maximum atomic E-state index is 14.6. The van der Waals surface area contributed by atoms with E-state index in [-0.39, 0.29) is 34.8 Å². The molecule has 39 heavy (non-hydrogen) atoms. The summed E-state index contributed by atoms with van der Waals surface area (Å²) < 4.78 is 61.9. The predicted octanol–water partition coefficient (Wildman–Crippen LogP) is 1.86. The molecule has 0 spiro atoms. The van der Waals surface area contributed by atoms with Crippen molar-refractivity contribution in [2.24, 2.45) is 0 Å². The molecule has 208 valence electrons. The molecule has 1 saturated heterocycles. The molecule has 1 fully saturated rings. The van der Waals surface area contributed by atoms with Crippen LogP contribution in [0.25, 0.3) is 5.52 Å². The summed E-state index contributed by atoms with van der Waals surface area (Å²) in [5.41, 5.74) is 1.25. The molecule has 0 aliphatic carbocycles. The van der Waals surface area contributed by atoms with E-state index in [1.54, 1.807) is 6.07 Å². The quantitative estimate of drug-likeness (QED) is 0.213. The van der Waals surface area contributed by atoms with Crippen molar-refractivity contribution in [3.8, 4) is 17.6 Å². The monoisotopic (exact) mass is 613 g/mol. The molecule has 0 bridgehead atoms. The summed E-state index contributed by atoms with van der Waals surface area (Å²) in [6, 6.07) is 2.52. The van der Waals surface area contributed by atoms with Crippen molar-refractivity contribution in [1.29, 1.82) is 0 Å². The van der Waals surface area contributed by atoms with Gasteiger partial charge in [-0.25, -0.2) is 0 Å². The van der Waals surface area contributed by atoms with Gasteiger partial charge in [-0.1, -0.05) is 0 Å². The average Bonchev–Trinajstić information content (AvgIpc) is 3.24. The molecule has 0 saturated carbocycles. The van der Waals surface area contributed by atoms with Gasteiger partial charge in [-0.3, -0.25) is 0 Å². The molecule has 0 radical (unpaired) electrons. The van der Waals surface area contributed by atoms with E-state index < -0.39 is 32.2 Å². The van der Waals surface area contributed by atoms with Gasteiger partial charge in [0, 0.05) is 7.05 Å². The first-order valence-electron chi connectivity index (χ1n) is 11.9. The Morgan fingerprint density at radius 3 is 2.79 bits per heavy atom. The number of carbonyl (C=O) groups is 1. The molecule has 9 nitrogen and oxygen atoms in total. The Morgan fingerprint density at radius 2 is 2.10 bits per heavy atom. The van der Waals surface area contributed by atoms with E-state index in [9.17, 15) is 22.4 Å². The SMILES string of the molecule is CNC(=O)c1cc(OC)c(NCC#Cc2cc3c(N[C@@H]4CCN(C)C[C@@H]4F)nccn3c2[Se]C(F)(F)F)cn1. The maximum absolute atomic E-state index is 14.6. The summed E-state index contributed by atoms with van der Waals surface area (Å²) in [5, 5.41) is 4.17. The Hall–Kier alpha value is -3.53. The molecule has 2 atom stereocenters. The first-order chi connectivity index (χ1) is 18.6. The van der Waals surface area contributed by atoms with Crippen molar-refractivity contribution in [2.75, 3.05) is 51.5 Å². The van der Waals surface area contributed by atoms with Crippen molar-refractivity contribution in [1.82, 2.24) is 24.6 Å². The number of alkyl halides is 4. The first-order valence-corrected chi connectivity index (χ1v) is 13.6. The standard InChI is InChI=1S/C25H27F4N7O2Se/c1-30-23(37)18-12-21(38-3)19(13-33-18)31-7-4-5-15-11-20-22(34-17-6-9-35(2)14-16(17)26)32-8-10-36(20)24(15)39-25(27,28)29/h8,10-13,16-17,31H,6-7,9,14H2,1-3H3,(H,30,37)(H,32,34)/t16-,17+/m0/s1. The van der Waals surface area contributed by atoms with Crippen LogP contribution >= 0.6 is 0 Å². The number of amides is 1. The number of hydrogen-bond acceptors (Lipinski definition) is 7. The summed E-state index contributed by atoms with van der Waals surface area (Å²) >= 11 is -1.88. The van der Waals surface area contributed by atoms with Gasteiger partial charge in [0.25, 0.3) is 0 Å². The normalized spacial score (nSPS) is 17.8. The summed E-state index contributed by atoms with van der Waals surface area (Å²) in [4.78, 5) is 22.1. The van der Waals surface area contributed by atoms with Crippen molar-refractivity contribution >= 4 is 42.5 Å². The Bertz CT molecular complexity index is 1400. The number of anilines is 2. The van der Waals surface area contributed by atoms with Crippen LogP contribution in [0.2, 0.25) is 0 Å². The molecule has 1 aliphatic heterocycles. The van der Waals surface area contributed by atoms with E-state index in [0.717, 1.165) is 0 Å². The number of fused-ring (bicyclic) bond motifs is 1. The molecular weight excluding hydrogens is 585 g/mol. The van der Waals surface area contributed by atoms with Gasteiger partial charge >= 0.3 is 222 Å². The number of carbonyl (C=O) groups excluding carboxylic acids is 1. The third kappa shape index (κ3) is 6.92. The number of piperidine rings is 1. The van der Waals surface area contributed by atoms with E-state index in [1.807, 2.05) is 11.9 Å². The second-order valence-electron chi connectivity index (χ2n) is 8.76. The van der Waals surface area contributed by atoms with Gasteiger partial charge in [0.15, 0.2) is 0 Å². The summed E-state index contributed by atoms with van der Waals surface area (Å²) in [6.45, 7) is 1.04. The van der Waals surface area contributed by atoms with Crippen molar-refractivity contribution in [2.45, 2.75) is 23.7 Å². The predicted molar refractivity (Wildman–Crippen MR) is 141 cm³/mol. The van der Waals surface area contributed by atoms with Gasteiger partial charge in [-0.15, -0.1) is 0 Å². The fraction of sp³-hybridized carbons (Fsp3) is 0.400. The summed E-state index contributed by atoms with van der Waals surface area (Å²) in [7, 11) is 4.76. The van der Waals surface area contributed by atoms with Crippen LogP contribution < -0.4 is 25.3 Å². The first kappa shape index (κ1) is 28.5. The second kappa shape index (κ2) is 12.1. The molecule has 1 aliphatic rings. The number of hydrogen-bond donors (Lipinski definition) is 3. The molecule has 3 aromatic rings. The summed E-state index contributed by atoms with van der Waals surface area (Å²) in [5.74, 6) is 5.99. The van der Waals surface area contributed by atoms with Crippen molar-refractivity contribution in [3.05, 3.63) is 42.0 Å². The van der Waals surface area contributed by atoms with Crippen LogP contribution in [0, 0.1) is 11.8 Å². The van der Waals surface area contributed by atoms with Gasteiger partial charge in [-0.05, 0) is 0 Å². The molecule has 0 aromatic carbocycles. The van der Waals surface area contributed by atoms with Crippen LogP contribution in [0.5, 0.6) is 5.75 Å². The van der Waals surface area contributed by atoms with Crippen LogP contribution in [-0.4, -0.2) is 98.3 Å². The number of likely N-dealkylation sites (tertiary alicyclic amines) is 1. The molecule has 0 unspecified atom stereocenters. The van der Waals surface area contributed by atoms with Crippen molar-refractivity contribution in [3.63, 3.8) is 0 Å². The third-order valence-corrected chi connectivity index (χ3v) is 7.83. The molecule has 14 heteroatoms. The van der Waals surface area contributed by atoms with Crippen LogP contribution in [-0.2, 0) is 0 Å². The van der Waals surface area contributed by atoms with E-state index in [2.05, 4.69) is 37.8 Å². The number of nitrogens with one attached hydrogen (secondary N) is 3. The number of pyridine rings is 1. The molecular formula is C25H27F4N7O2Se. The number of aromatic nitrogens is 3. The number of nitrogens with zero attached hydrogens (tertiary/aromatic N) is 4. The molecule has 4 heterocycles. The van der Waals surface area contributed by atoms with Crippen LogP contribution in [0.15, 0.2) is 30.7 Å². The fourth-order valence-corrected chi connectivity index (χ4v) is 5.62. The van der Waals surface area contributed by atoms with Crippen LogP contribution in [0.3, 0.4) is 0 Å².